The van der Waals surface area contributed by atoms with Crippen LogP contribution in [-0.2, 0) is 14.6 Å². The first-order chi connectivity index (χ1) is 8.45. The minimum absolute atomic E-state index is 0.0511. The zero-order chi connectivity index (χ0) is 13.3. The van der Waals surface area contributed by atoms with E-state index in [-0.39, 0.29) is 29.1 Å². The van der Waals surface area contributed by atoms with Gasteiger partial charge in [0.1, 0.15) is 0 Å². The van der Waals surface area contributed by atoms with Crippen LogP contribution in [0.5, 0.6) is 0 Å². The summed E-state index contributed by atoms with van der Waals surface area (Å²) in [5.41, 5.74) is 0. The van der Waals surface area contributed by atoms with E-state index in [1.165, 1.54) is 0 Å². The summed E-state index contributed by atoms with van der Waals surface area (Å²) >= 11 is 0. The molecule has 3 unspecified atom stereocenters. The van der Waals surface area contributed by atoms with E-state index in [4.69, 9.17) is 0 Å². The van der Waals surface area contributed by atoms with Crippen LogP contribution in [0.15, 0.2) is 0 Å². The van der Waals surface area contributed by atoms with Gasteiger partial charge in [0.25, 0.3) is 0 Å². The fraction of sp³-hybridized carbons (Fsp3) is 0.917. The second-order valence-corrected chi connectivity index (χ2v) is 7.71. The molecule has 2 fully saturated rings. The maximum Gasteiger partial charge on any atom is 0.241 e. The Bertz CT molecular complexity index is 421. The predicted octanol–water partition coefficient (Wildman–Crippen LogP) is 0.510. The van der Waals surface area contributed by atoms with Gasteiger partial charge in [-0.1, -0.05) is 13.3 Å². The van der Waals surface area contributed by atoms with Crippen LogP contribution in [0.3, 0.4) is 0 Å². The van der Waals surface area contributed by atoms with Gasteiger partial charge in [0.05, 0.1) is 23.2 Å². The number of carbonyl (C=O) groups excluding carboxylic acids is 1. The highest BCUT2D eigenvalue weighted by atomic mass is 32.2. The molecule has 2 heterocycles. The van der Waals surface area contributed by atoms with Crippen molar-refractivity contribution in [3.8, 4) is 0 Å². The molecule has 0 spiro atoms. The van der Waals surface area contributed by atoms with E-state index in [1.807, 2.05) is 13.8 Å². The van der Waals surface area contributed by atoms with E-state index >= 15 is 0 Å². The van der Waals surface area contributed by atoms with Crippen molar-refractivity contribution in [3.63, 3.8) is 0 Å². The molecule has 0 aromatic rings. The monoisotopic (exact) mass is 274 g/mol. The number of rotatable bonds is 4. The molecule has 1 N–H and O–H groups in total. The quantitative estimate of drug-likeness (QED) is 0.811. The minimum Gasteiger partial charge on any atom is -0.325 e. The first kappa shape index (κ1) is 13.8. The lowest BCUT2D eigenvalue weighted by atomic mass is 10.1. The van der Waals surface area contributed by atoms with Crippen LogP contribution in [0.1, 0.15) is 39.5 Å². The summed E-state index contributed by atoms with van der Waals surface area (Å²) in [6.07, 6.45) is 3.14. The molecule has 104 valence electrons. The predicted molar refractivity (Wildman–Crippen MR) is 69.8 cm³/mol. The topological polar surface area (TPSA) is 66.5 Å². The van der Waals surface area contributed by atoms with E-state index in [0.29, 0.717) is 13.0 Å². The lowest BCUT2D eigenvalue weighted by molar-refractivity contribution is -0.130. The first-order valence-electron chi connectivity index (χ1n) is 6.74. The summed E-state index contributed by atoms with van der Waals surface area (Å²) in [6, 6.07) is -0.130. The van der Waals surface area contributed by atoms with Gasteiger partial charge in [-0.2, -0.15) is 0 Å². The summed E-state index contributed by atoms with van der Waals surface area (Å²) in [5, 5.41) is 2.88. The summed E-state index contributed by atoms with van der Waals surface area (Å²) in [5.74, 6) is 0.339. The molecule has 0 aromatic heterocycles. The van der Waals surface area contributed by atoms with Gasteiger partial charge in [-0.05, 0) is 26.2 Å². The average molecular weight is 274 g/mol. The van der Waals surface area contributed by atoms with Crippen molar-refractivity contribution in [2.45, 2.75) is 57.0 Å². The number of sulfone groups is 1. The largest absolute Gasteiger partial charge is 0.325 e. The summed E-state index contributed by atoms with van der Waals surface area (Å²) < 4.78 is 23.6. The molecule has 0 aliphatic carbocycles. The molecule has 18 heavy (non-hydrogen) atoms. The fourth-order valence-corrected chi connectivity index (χ4v) is 4.69. The number of nitrogens with zero attached hydrogens (tertiary/aromatic N) is 1. The highest BCUT2D eigenvalue weighted by Gasteiger charge is 2.40. The molecule has 2 aliphatic rings. The van der Waals surface area contributed by atoms with Gasteiger partial charge in [-0.3, -0.25) is 10.1 Å². The molecular formula is C12H22N2O3S. The van der Waals surface area contributed by atoms with E-state index in [1.54, 1.807) is 4.90 Å². The van der Waals surface area contributed by atoms with Crippen LogP contribution in [0.2, 0.25) is 0 Å². The van der Waals surface area contributed by atoms with Crippen molar-refractivity contribution in [2.24, 2.45) is 0 Å². The van der Waals surface area contributed by atoms with Gasteiger partial charge >= 0.3 is 0 Å². The molecule has 0 aromatic carbocycles. The van der Waals surface area contributed by atoms with Gasteiger partial charge in [0, 0.05) is 6.54 Å². The van der Waals surface area contributed by atoms with Crippen molar-refractivity contribution >= 4 is 15.7 Å². The number of hydrogen-bond donors (Lipinski definition) is 1. The first-order valence-corrected chi connectivity index (χ1v) is 8.45. The lowest BCUT2D eigenvalue weighted by Gasteiger charge is -2.23. The Morgan fingerprint density at radius 1 is 1.44 bits per heavy atom. The van der Waals surface area contributed by atoms with E-state index < -0.39 is 9.84 Å². The molecule has 0 saturated carbocycles. The maximum atomic E-state index is 12.2. The third kappa shape index (κ3) is 2.54. The fourth-order valence-electron chi connectivity index (χ4n) is 2.87. The Balaban J connectivity index is 2.03. The smallest absolute Gasteiger partial charge is 0.241 e. The number of carbonyl (C=O) groups is 1. The van der Waals surface area contributed by atoms with Crippen LogP contribution in [-0.4, -0.2) is 49.0 Å². The number of hydrogen-bond acceptors (Lipinski definition) is 4. The Morgan fingerprint density at radius 2 is 2.17 bits per heavy atom. The molecule has 3 atom stereocenters. The average Bonchev–Trinajstić information content (AvgIpc) is 2.75. The molecule has 6 heteroatoms. The van der Waals surface area contributed by atoms with Crippen LogP contribution in [0.4, 0.5) is 0 Å². The van der Waals surface area contributed by atoms with E-state index in [9.17, 15) is 13.2 Å². The van der Waals surface area contributed by atoms with E-state index in [2.05, 4.69) is 5.32 Å². The van der Waals surface area contributed by atoms with Crippen molar-refractivity contribution in [1.29, 1.82) is 0 Å². The SMILES string of the molecule is CCCC1NC(C)N(CC2CCCS2(=O)=O)C1=O. The second kappa shape index (κ2) is 5.17. The highest BCUT2D eigenvalue weighted by Crippen LogP contribution is 2.24. The molecular weight excluding hydrogens is 252 g/mol. The standard InChI is InChI=1S/C12H22N2O3S/c1-3-5-11-12(15)14(9(2)13-11)8-10-6-4-7-18(10,16)17/h9-11,13H,3-8H2,1-2H3. The van der Waals surface area contributed by atoms with Crippen LogP contribution in [0.25, 0.3) is 0 Å². The zero-order valence-corrected chi connectivity index (χ0v) is 11.9. The third-order valence-electron chi connectivity index (χ3n) is 3.93. The van der Waals surface area contributed by atoms with E-state index in [0.717, 1.165) is 19.3 Å². The van der Waals surface area contributed by atoms with Crippen molar-refractivity contribution in [1.82, 2.24) is 10.2 Å². The summed E-state index contributed by atoms with van der Waals surface area (Å²) in [7, 11) is -2.97. The highest BCUT2D eigenvalue weighted by molar-refractivity contribution is 7.92. The molecule has 1 amide bonds. The molecule has 5 nitrogen and oxygen atoms in total. The van der Waals surface area contributed by atoms with Gasteiger partial charge < -0.3 is 4.90 Å². The summed E-state index contributed by atoms with van der Waals surface area (Å²) in [4.78, 5) is 13.9. The maximum absolute atomic E-state index is 12.2. The van der Waals surface area contributed by atoms with Crippen molar-refractivity contribution in [3.05, 3.63) is 0 Å². The van der Waals surface area contributed by atoms with Crippen molar-refractivity contribution in [2.75, 3.05) is 12.3 Å². The zero-order valence-electron chi connectivity index (χ0n) is 11.1. The van der Waals surface area contributed by atoms with Gasteiger partial charge in [-0.15, -0.1) is 0 Å². The van der Waals surface area contributed by atoms with Crippen LogP contribution < -0.4 is 5.32 Å². The van der Waals surface area contributed by atoms with Gasteiger partial charge in [0.2, 0.25) is 5.91 Å². The van der Waals surface area contributed by atoms with Crippen LogP contribution >= 0.6 is 0 Å². The Kier molecular flexibility index (Phi) is 3.96. The molecule has 2 saturated heterocycles. The molecule has 2 rings (SSSR count). The Morgan fingerprint density at radius 3 is 2.72 bits per heavy atom. The normalized spacial score (nSPS) is 35.3. The minimum atomic E-state index is -2.97. The molecule has 0 bridgehead atoms. The summed E-state index contributed by atoms with van der Waals surface area (Å²) in [6.45, 7) is 4.33. The van der Waals surface area contributed by atoms with Gasteiger partial charge in [0.15, 0.2) is 9.84 Å². The molecule has 0 radical (unpaired) electrons. The van der Waals surface area contributed by atoms with Crippen molar-refractivity contribution < 1.29 is 13.2 Å². The van der Waals surface area contributed by atoms with Gasteiger partial charge in [-0.25, -0.2) is 8.42 Å². The number of amides is 1. The number of nitrogens with one attached hydrogen (secondary N) is 1. The lowest BCUT2D eigenvalue weighted by Crippen LogP contribution is -2.41. The Labute approximate surface area is 109 Å². The van der Waals surface area contributed by atoms with Crippen LogP contribution in [0, 0.1) is 0 Å². The molecule has 2 aliphatic heterocycles. The second-order valence-electron chi connectivity index (χ2n) is 5.31. The third-order valence-corrected chi connectivity index (χ3v) is 6.19. The Hall–Kier alpha value is -0.620.